The van der Waals surface area contributed by atoms with Crippen molar-refractivity contribution in [3.63, 3.8) is 0 Å². The topological polar surface area (TPSA) is 98.5 Å². The number of carbonyl (C=O) groups is 1. The molecule has 1 amide bonds. The first kappa shape index (κ1) is 23.4. The van der Waals surface area contributed by atoms with Gasteiger partial charge in [-0.25, -0.2) is 12.8 Å². The molecular formula is C25H23FN2O5S. The number of hydrogen-bond donors (Lipinski definition) is 1. The van der Waals surface area contributed by atoms with Crippen molar-refractivity contribution in [3.8, 4) is 5.75 Å². The number of ether oxygens (including phenoxy) is 1. The molecule has 4 aromatic rings. The van der Waals surface area contributed by atoms with Crippen LogP contribution in [0.5, 0.6) is 5.75 Å². The lowest BCUT2D eigenvalue weighted by Crippen LogP contribution is -2.22. The standard InChI is InChI=1S/C25H23FN2O5S/c1-2-3-12-32-22-9-8-20(14-21(22)26)34(30,31)19-6-4-17(5-7-19)15-28-25(29)23-13-18-10-11-27-16-24(18)33-23/h4-11,13-14,16H,2-3,12,15H2,1H3,(H,28,29). The average molecular weight is 483 g/mol. The zero-order chi connectivity index (χ0) is 24.1. The molecule has 1 N–H and O–H groups in total. The van der Waals surface area contributed by atoms with Crippen LogP contribution >= 0.6 is 0 Å². The maximum atomic E-state index is 14.3. The van der Waals surface area contributed by atoms with Crippen molar-refractivity contribution in [1.29, 1.82) is 0 Å². The Morgan fingerprint density at radius 2 is 1.85 bits per heavy atom. The third-order valence-electron chi connectivity index (χ3n) is 5.20. The monoisotopic (exact) mass is 482 g/mol. The van der Waals surface area contributed by atoms with Gasteiger partial charge in [0, 0.05) is 18.1 Å². The van der Waals surface area contributed by atoms with E-state index < -0.39 is 21.6 Å². The van der Waals surface area contributed by atoms with E-state index in [2.05, 4.69) is 10.3 Å². The molecule has 176 valence electrons. The normalized spacial score (nSPS) is 11.5. The molecule has 0 unspecified atom stereocenters. The highest BCUT2D eigenvalue weighted by molar-refractivity contribution is 7.91. The summed E-state index contributed by atoms with van der Waals surface area (Å²) in [5.74, 6) is -0.937. The molecular weight excluding hydrogens is 459 g/mol. The Morgan fingerprint density at radius 3 is 2.56 bits per heavy atom. The number of aromatic nitrogens is 1. The van der Waals surface area contributed by atoms with Crippen molar-refractivity contribution in [2.45, 2.75) is 36.1 Å². The number of hydrogen-bond acceptors (Lipinski definition) is 6. The van der Waals surface area contributed by atoms with Gasteiger partial charge in [-0.05, 0) is 54.4 Å². The summed E-state index contributed by atoms with van der Waals surface area (Å²) >= 11 is 0. The lowest BCUT2D eigenvalue weighted by Gasteiger charge is -2.10. The number of benzene rings is 2. The SMILES string of the molecule is CCCCOc1ccc(S(=O)(=O)c2ccc(CNC(=O)c3cc4ccncc4o3)cc2)cc1F. The van der Waals surface area contributed by atoms with Crippen LogP contribution < -0.4 is 10.1 Å². The lowest BCUT2D eigenvalue weighted by atomic mass is 10.2. The molecule has 0 aliphatic carbocycles. The summed E-state index contributed by atoms with van der Waals surface area (Å²) in [6.45, 7) is 2.53. The Labute approximate surface area is 196 Å². The van der Waals surface area contributed by atoms with Gasteiger partial charge in [0.2, 0.25) is 9.84 Å². The number of nitrogens with zero attached hydrogens (tertiary/aromatic N) is 1. The van der Waals surface area contributed by atoms with Crippen molar-refractivity contribution in [2.75, 3.05) is 6.61 Å². The van der Waals surface area contributed by atoms with Gasteiger partial charge < -0.3 is 14.5 Å². The highest BCUT2D eigenvalue weighted by Crippen LogP contribution is 2.26. The Kier molecular flexibility index (Phi) is 6.93. The fourth-order valence-electron chi connectivity index (χ4n) is 3.28. The largest absolute Gasteiger partial charge is 0.491 e. The summed E-state index contributed by atoms with van der Waals surface area (Å²) in [4.78, 5) is 16.2. The van der Waals surface area contributed by atoms with E-state index >= 15 is 0 Å². The van der Waals surface area contributed by atoms with Crippen molar-refractivity contribution in [2.24, 2.45) is 0 Å². The molecule has 0 radical (unpaired) electrons. The van der Waals surface area contributed by atoms with Crippen LogP contribution in [0, 0.1) is 5.82 Å². The van der Waals surface area contributed by atoms with Crippen LogP contribution in [-0.2, 0) is 16.4 Å². The molecule has 0 spiro atoms. The predicted octanol–water partition coefficient (Wildman–Crippen LogP) is 4.91. The Morgan fingerprint density at radius 1 is 1.09 bits per heavy atom. The molecule has 0 aliphatic rings. The van der Waals surface area contributed by atoms with E-state index in [1.807, 2.05) is 6.92 Å². The maximum absolute atomic E-state index is 14.3. The summed E-state index contributed by atoms with van der Waals surface area (Å²) in [5.41, 5.74) is 1.20. The number of nitrogens with one attached hydrogen (secondary N) is 1. The van der Waals surface area contributed by atoms with Gasteiger partial charge in [0.05, 0.1) is 22.6 Å². The number of sulfone groups is 1. The van der Waals surface area contributed by atoms with Crippen molar-refractivity contribution >= 4 is 26.7 Å². The quantitative estimate of drug-likeness (QED) is 0.341. The van der Waals surface area contributed by atoms with Gasteiger partial charge in [-0.2, -0.15) is 0 Å². The van der Waals surface area contributed by atoms with Crippen LogP contribution in [0.2, 0.25) is 0 Å². The first-order chi connectivity index (χ1) is 16.4. The zero-order valence-electron chi connectivity index (χ0n) is 18.5. The van der Waals surface area contributed by atoms with E-state index in [9.17, 15) is 17.6 Å². The number of rotatable bonds is 9. The second-order valence-electron chi connectivity index (χ2n) is 7.65. The van der Waals surface area contributed by atoms with E-state index in [4.69, 9.17) is 9.15 Å². The van der Waals surface area contributed by atoms with Crippen LogP contribution in [0.1, 0.15) is 35.9 Å². The molecule has 0 saturated carbocycles. The smallest absolute Gasteiger partial charge is 0.287 e. The fourth-order valence-corrected chi connectivity index (χ4v) is 4.55. The van der Waals surface area contributed by atoms with Gasteiger partial charge in [-0.15, -0.1) is 0 Å². The first-order valence-electron chi connectivity index (χ1n) is 10.8. The molecule has 0 fully saturated rings. The molecule has 34 heavy (non-hydrogen) atoms. The van der Waals surface area contributed by atoms with Gasteiger partial charge in [0.1, 0.15) is 0 Å². The Hall–Kier alpha value is -3.72. The lowest BCUT2D eigenvalue weighted by molar-refractivity contribution is 0.0925. The van der Waals surface area contributed by atoms with Gasteiger partial charge in [0.25, 0.3) is 5.91 Å². The van der Waals surface area contributed by atoms with Gasteiger partial charge >= 0.3 is 0 Å². The number of carbonyl (C=O) groups excluding carboxylic acids is 1. The highest BCUT2D eigenvalue weighted by atomic mass is 32.2. The van der Waals surface area contributed by atoms with Crippen LogP contribution in [0.25, 0.3) is 11.0 Å². The van der Waals surface area contributed by atoms with Crippen LogP contribution in [-0.4, -0.2) is 25.9 Å². The molecule has 2 aromatic heterocycles. The highest BCUT2D eigenvalue weighted by Gasteiger charge is 2.20. The Bertz CT molecular complexity index is 1380. The summed E-state index contributed by atoms with van der Waals surface area (Å²) in [5, 5.41) is 3.50. The van der Waals surface area contributed by atoms with Crippen LogP contribution in [0.4, 0.5) is 4.39 Å². The van der Waals surface area contributed by atoms with E-state index in [1.165, 1.54) is 30.5 Å². The number of pyridine rings is 1. The number of unbranched alkanes of at least 4 members (excludes halogenated alkanes) is 1. The minimum Gasteiger partial charge on any atom is -0.491 e. The summed E-state index contributed by atoms with van der Waals surface area (Å²) in [6, 6.07) is 13.0. The molecule has 0 aliphatic heterocycles. The summed E-state index contributed by atoms with van der Waals surface area (Å²) in [7, 11) is -3.91. The van der Waals surface area contributed by atoms with Gasteiger partial charge in [-0.3, -0.25) is 9.78 Å². The number of furan rings is 1. The Balaban J connectivity index is 1.42. The molecule has 0 atom stereocenters. The molecule has 0 saturated heterocycles. The maximum Gasteiger partial charge on any atom is 0.287 e. The second-order valence-corrected chi connectivity index (χ2v) is 9.60. The fraction of sp³-hybridized carbons (Fsp3) is 0.200. The van der Waals surface area contributed by atoms with E-state index in [1.54, 1.807) is 30.5 Å². The van der Waals surface area contributed by atoms with Crippen molar-refractivity contribution in [3.05, 3.63) is 84.1 Å². The van der Waals surface area contributed by atoms with Crippen LogP contribution in [0.3, 0.4) is 0 Å². The summed E-state index contributed by atoms with van der Waals surface area (Å²) < 4.78 is 51.0. The minimum absolute atomic E-state index is 0.0198. The molecule has 9 heteroatoms. The van der Waals surface area contributed by atoms with Crippen molar-refractivity contribution in [1.82, 2.24) is 10.3 Å². The van der Waals surface area contributed by atoms with Gasteiger partial charge in [-0.1, -0.05) is 25.5 Å². The number of amides is 1. The number of halogens is 1. The third kappa shape index (κ3) is 5.09. The predicted molar refractivity (Wildman–Crippen MR) is 124 cm³/mol. The molecule has 7 nitrogen and oxygen atoms in total. The molecule has 2 aromatic carbocycles. The zero-order valence-corrected chi connectivity index (χ0v) is 19.3. The van der Waals surface area contributed by atoms with Gasteiger partial charge in [0.15, 0.2) is 22.9 Å². The average Bonchev–Trinajstić information content (AvgIpc) is 3.28. The van der Waals surface area contributed by atoms with E-state index in [0.29, 0.717) is 17.8 Å². The van der Waals surface area contributed by atoms with Crippen LogP contribution in [0.15, 0.2) is 81.2 Å². The van der Waals surface area contributed by atoms with E-state index in [0.717, 1.165) is 24.3 Å². The molecule has 4 rings (SSSR count). The second kappa shape index (κ2) is 10.0. The minimum atomic E-state index is -3.91. The number of fused-ring (bicyclic) bond motifs is 1. The third-order valence-corrected chi connectivity index (χ3v) is 6.97. The summed E-state index contributed by atoms with van der Waals surface area (Å²) in [6.07, 6.45) is 4.83. The van der Waals surface area contributed by atoms with E-state index in [-0.39, 0.29) is 27.8 Å². The first-order valence-corrected chi connectivity index (χ1v) is 12.2. The molecule has 2 heterocycles. The van der Waals surface area contributed by atoms with Crippen molar-refractivity contribution < 1.29 is 26.8 Å². The molecule has 0 bridgehead atoms.